The fourth-order valence-corrected chi connectivity index (χ4v) is 4.43. The van der Waals surface area contributed by atoms with Gasteiger partial charge in [-0.05, 0) is 30.3 Å². The summed E-state index contributed by atoms with van der Waals surface area (Å²) in [5.41, 5.74) is 1.39. The van der Waals surface area contributed by atoms with Gasteiger partial charge in [-0.2, -0.15) is 4.98 Å². The summed E-state index contributed by atoms with van der Waals surface area (Å²) in [6.45, 7) is 1.32. The number of aromatic nitrogens is 1. The van der Waals surface area contributed by atoms with Gasteiger partial charge in [0.1, 0.15) is 11.1 Å². The number of methoxy groups -OCH3 is 2. The normalized spacial score (nSPS) is 17.7. The molecule has 1 fully saturated rings. The molecule has 0 atom stereocenters. The van der Waals surface area contributed by atoms with Gasteiger partial charge < -0.3 is 23.5 Å². The van der Waals surface area contributed by atoms with Gasteiger partial charge in [-0.15, -0.1) is 0 Å². The molecule has 2 aliphatic rings. The van der Waals surface area contributed by atoms with Gasteiger partial charge in [0.2, 0.25) is 5.75 Å². The molecule has 2 aliphatic heterocycles. The van der Waals surface area contributed by atoms with Crippen molar-refractivity contribution >= 4 is 34.5 Å². The quantitative estimate of drug-likeness (QED) is 0.607. The van der Waals surface area contributed by atoms with Crippen LogP contribution in [0.3, 0.4) is 0 Å². The van der Waals surface area contributed by atoms with E-state index in [-0.39, 0.29) is 5.78 Å². The first-order chi connectivity index (χ1) is 14.5. The van der Waals surface area contributed by atoms with E-state index in [0.717, 1.165) is 5.52 Å². The van der Waals surface area contributed by atoms with Gasteiger partial charge in [-0.1, -0.05) is 11.6 Å². The maximum Gasteiger partial charge on any atom is 0.298 e. The molecule has 1 saturated heterocycles. The highest BCUT2D eigenvalue weighted by atomic mass is 35.5. The molecular formula is C22H21ClN2O5. The number of hydrogen-bond acceptors (Lipinski definition) is 7. The first kappa shape index (κ1) is 19.1. The van der Waals surface area contributed by atoms with Gasteiger partial charge in [0.05, 0.1) is 26.2 Å². The number of fused-ring (bicyclic) bond motifs is 2. The third-order valence-electron chi connectivity index (χ3n) is 5.89. The molecule has 0 saturated carbocycles. The zero-order chi connectivity index (χ0) is 20.9. The van der Waals surface area contributed by atoms with Crippen LogP contribution in [-0.4, -0.2) is 43.7 Å². The lowest BCUT2D eigenvalue weighted by Gasteiger charge is -2.43. The number of hydrogen-bond donors (Lipinski definition) is 0. The van der Waals surface area contributed by atoms with Crippen LogP contribution < -0.4 is 19.1 Å². The molecule has 1 spiro atoms. The number of nitrogens with zero attached hydrogens (tertiary/aromatic N) is 2. The third-order valence-corrected chi connectivity index (χ3v) is 6.12. The highest BCUT2D eigenvalue weighted by Crippen LogP contribution is 2.48. The highest BCUT2D eigenvalue weighted by Gasteiger charge is 2.45. The van der Waals surface area contributed by atoms with E-state index >= 15 is 0 Å². The Labute approximate surface area is 178 Å². The van der Waals surface area contributed by atoms with Gasteiger partial charge in [-0.3, -0.25) is 4.79 Å². The molecule has 3 heterocycles. The van der Waals surface area contributed by atoms with Crippen molar-refractivity contribution in [1.29, 1.82) is 0 Å². The molecule has 5 rings (SSSR count). The van der Waals surface area contributed by atoms with Crippen LogP contribution in [0, 0.1) is 0 Å². The summed E-state index contributed by atoms with van der Waals surface area (Å²) in [7, 11) is 3.12. The molecule has 2 aromatic carbocycles. The Morgan fingerprint density at radius 2 is 1.93 bits per heavy atom. The molecule has 3 aromatic rings. The van der Waals surface area contributed by atoms with Crippen LogP contribution in [0.5, 0.6) is 17.2 Å². The monoisotopic (exact) mass is 428 g/mol. The summed E-state index contributed by atoms with van der Waals surface area (Å²) in [4.78, 5) is 19.5. The number of ether oxygens (including phenoxy) is 3. The fraction of sp³-hybridized carbons (Fsp3) is 0.364. The van der Waals surface area contributed by atoms with Crippen LogP contribution >= 0.6 is 11.6 Å². The Bertz CT molecular complexity index is 1130. The second-order valence-corrected chi connectivity index (χ2v) is 8.09. The molecule has 0 radical (unpaired) electrons. The molecule has 0 aliphatic carbocycles. The molecule has 0 bridgehead atoms. The summed E-state index contributed by atoms with van der Waals surface area (Å²) < 4.78 is 23.2. The Morgan fingerprint density at radius 3 is 2.67 bits per heavy atom. The minimum Gasteiger partial charge on any atom is -0.493 e. The van der Waals surface area contributed by atoms with E-state index in [0.29, 0.717) is 71.8 Å². The van der Waals surface area contributed by atoms with Crippen LogP contribution in [0.1, 0.15) is 29.6 Å². The minimum atomic E-state index is -0.574. The van der Waals surface area contributed by atoms with E-state index in [1.165, 1.54) is 0 Å². The van der Waals surface area contributed by atoms with E-state index in [2.05, 4.69) is 9.88 Å². The molecule has 156 valence electrons. The maximum absolute atomic E-state index is 12.9. The number of rotatable bonds is 3. The van der Waals surface area contributed by atoms with Crippen LogP contribution in [0.15, 0.2) is 34.7 Å². The van der Waals surface area contributed by atoms with E-state index in [9.17, 15) is 4.79 Å². The van der Waals surface area contributed by atoms with Crippen LogP contribution in [-0.2, 0) is 0 Å². The van der Waals surface area contributed by atoms with Crippen molar-refractivity contribution in [2.75, 3.05) is 32.2 Å². The van der Waals surface area contributed by atoms with Crippen LogP contribution in [0.4, 0.5) is 6.01 Å². The zero-order valence-electron chi connectivity index (χ0n) is 16.7. The van der Waals surface area contributed by atoms with Crippen molar-refractivity contribution in [2.45, 2.75) is 24.9 Å². The van der Waals surface area contributed by atoms with Crippen molar-refractivity contribution in [3.05, 3.63) is 40.9 Å². The largest absolute Gasteiger partial charge is 0.493 e. The lowest BCUT2D eigenvalue weighted by atomic mass is 9.82. The van der Waals surface area contributed by atoms with E-state index < -0.39 is 5.60 Å². The SMILES string of the molecule is COc1ccc2c(c1OC)OC1(CCN(c3nc4cc(Cl)ccc4o3)CC1)CC2=O. The maximum atomic E-state index is 12.9. The second-order valence-electron chi connectivity index (χ2n) is 7.66. The number of halogens is 1. The number of oxazole rings is 1. The number of carbonyl (C=O) groups is 1. The van der Waals surface area contributed by atoms with Crippen molar-refractivity contribution in [3.8, 4) is 17.2 Å². The smallest absolute Gasteiger partial charge is 0.298 e. The molecule has 0 N–H and O–H groups in total. The average Bonchev–Trinajstić information content (AvgIpc) is 3.16. The van der Waals surface area contributed by atoms with Crippen molar-refractivity contribution in [2.24, 2.45) is 0 Å². The van der Waals surface area contributed by atoms with Crippen molar-refractivity contribution in [1.82, 2.24) is 4.98 Å². The second kappa shape index (κ2) is 7.09. The lowest BCUT2D eigenvalue weighted by molar-refractivity contribution is 0.0203. The van der Waals surface area contributed by atoms with Crippen LogP contribution in [0.2, 0.25) is 5.02 Å². The zero-order valence-corrected chi connectivity index (χ0v) is 17.5. The van der Waals surface area contributed by atoms with E-state index in [4.69, 9.17) is 30.2 Å². The summed E-state index contributed by atoms with van der Waals surface area (Å²) in [5, 5.41) is 0.622. The fourth-order valence-electron chi connectivity index (χ4n) is 4.27. The number of Topliss-reactive ketones (excluding diaryl/α,β-unsaturated/α-hetero) is 1. The minimum absolute atomic E-state index is 0.0576. The van der Waals surface area contributed by atoms with Gasteiger partial charge in [0.15, 0.2) is 22.9 Å². The number of anilines is 1. The Kier molecular flexibility index (Phi) is 4.50. The first-order valence-corrected chi connectivity index (χ1v) is 10.2. The summed E-state index contributed by atoms with van der Waals surface area (Å²) in [6, 6.07) is 9.42. The van der Waals surface area contributed by atoms with Gasteiger partial charge in [0, 0.05) is 31.0 Å². The van der Waals surface area contributed by atoms with Gasteiger partial charge in [-0.25, -0.2) is 0 Å². The van der Waals surface area contributed by atoms with Crippen molar-refractivity contribution in [3.63, 3.8) is 0 Å². The van der Waals surface area contributed by atoms with E-state index in [1.54, 1.807) is 38.5 Å². The van der Waals surface area contributed by atoms with Crippen molar-refractivity contribution < 1.29 is 23.4 Å². The average molecular weight is 429 g/mol. The molecule has 7 nitrogen and oxygen atoms in total. The van der Waals surface area contributed by atoms with Crippen LogP contribution in [0.25, 0.3) is 11.1 Å². The summed E-state index contributed by atoms with van der Waals surface area (Å²) in [6.07, 6.45) is 1.67. The van der Waals surface area contributed by atoms with Gasteiger partial charge in [0.25, 0.3) is 6.01 Å². The number of ketones is 1. The topological polar surface area (TPSA) is 74.0 Å². The molecule has 8 heteroatoms. The highest BCUT2D eigenvalue weighted by molar-refractivity contribution is 6.31. The predicted octanol–water partition coefficient (Wildman–Crippen LogP) is 4.50. The third kappa shape index (κ3) is 3.04. The Morgan fingerprint density at radius 1 is 1.13 bits per heavy atom. The standard InChI is InChI=1S/C22H21ClN2O5/c1-27-18-6-4-14-16(26)12-22(30-19(14)20(18)28-2)7-9-25(10-8-22)21-24-15-11-13(23)3-5-17(15)29-21/h3-6,11H,7-10,12H2,1-2H3. The molecule has 0 amide bonds. The first-order valence-electron chi connectivity index (χ1n) is 9.80. The molecule has 1 aromatic heterocycles. The molecule has 30 heavy (non-hydrogen) atoms. The molecular weight excluding hydrogens is 408 g/mol. The predicted molar refractivity (Wildman–Crippen MR) is 112 cm³/mol. The molecule has 0 unspecified atom stereocenters. The Balaban J connectivity index is 1.40. The van der Waals surface area contributed by atoms with Gasteiger partial charge >= 0.3 is 0 Å². The number of benzene rings is 2. The Hall–Kier alpha value is -2.93. The number of piperidine rings is 1. The summed E-state index contributed by atoms with van der Waals surface area (Å²) >= 11 is 6.05. The van der Waals surface area contributed by atoms with E-state index in [1.807, 2.05) is 6.07 Å². The lowest BCUT2D eigenvalue weighted by Crippen LogP contribution is -2.51. The number of carbonyl (C=O) groups excluding carboxylic acids is 1. The summed E-state index contributed by atoms with van der Waals surface area (Å²) in [5.74, 6) is 1.53.